The quantitative estimate of drug-likeness (QED) is 0.818. The lowest BCUT2D eigenvalue weighted by atomic mass is 10.2. The number of carbonyl (C=O) groups is 1. The summed E-state index contributed by atoms with van der Waals surface area (Å²) in [6.45, 7) is 0.925. The molecule has 100 valence electrons. The second-order valence-corrected chi connectivity index (χ2v) is 5.13. The molecule has 1 aromatic heterocycles. The van der Waals surface area contributed by atoms with E-state index in [0.717, 1.165) is 18.4 Å². The Morgan fingerprint density at radius 3 is 2.94 bits per heavy atom. The molecule has 5 heteroatoms. The van der Waals surface area contributed by atoms with Crippen LogP contribution in [0.15, 0.2) is 18.5 Å². The van der Waals surface area contributed by atoms with Crippen LogP contribution in [0.1, 0.15) is 18.4 Å². The number of aromatic nitrogens is 1. The molecule has 18 heavy (non-hydrogen) atoms. The first-order valence-corrected chi connectivity index (χ1v) is 6.34. The summed E-state index contributed by atoms with van der Waals surface area (Å²) in [7, 11) is 3.66. The topological polar surface area (TPSA) is 57.5 Å². The number of carbonyl (C=O) groups excluding carboxylic acids is 1. The van der Waals surface area contributed by atoms with Gasteiger partial charge in [-0.3, -0.25) is 0 Å². The summed E-state index contributed by atoms with van der Waals surface area (Å²) < 4.78 is 1.95. The molecule has 1 atom stereocenters. The van der Waals surface area contributed by atoms with E-state index in [-0.39, 0.29) is 12.1 Å². The third kappa shape index (κ3) is 3.50. The van der Waals surface area contributed by atoms with Crippen molar-refractivity contribution in [3.05, 3.63) is 24.0 Å². The van der Waals surface area contributed by atoms with Gasteiger partial charge in [-0.1, -0.05) is 0 Å². The number of likely N-dealkylation sites (N-methyl/N-ethyl adjacent to an activating group) is 1. The summed E-state index contributed by atoms with van der Waals surface area (Å²) in [6, 6.07) is 1.83. The number of hydrogen-bond donors (Lipinski definition) is 2. The number of hydrogen-bond acceptors (Lipinski definition) is 2. The maximum atomic E-state index is 11.8. The van der Waals surface area contributed by atoms with Crippen molar-refractivity contribution in [2.24, 2.45) is 13.0 Å². The van der Waals surface area contributed by atoms with Gasteiger partial charge in [0.2, 0.25) is 0 Å². The van der Waals surface area contributed by atoms with E-state index in [9.17, 15) is 9.90 Å². The van der Waals surface area contributed by atoms with Crippen LogP contribution in [-0.2, 0) is 13.6 Å². The van der Waals surface area contributed by atoms with Crippen molar-refractivity contribution in [1.82, 2.24) is 14.8 Å². The molecule has 0 bridgehead atoms. The van der Waals surface area contributed by atoms with Gasteiger partial charge in [0.25, 0.3) is 0 Å². The Morgan fingerprint density at radius 1 is 1.67 bits per heavy atom. The summed E-state index contributed by atoms with van der Waals surface area (Å²) >= 11 is 0. The highest BCUT2D eigenvalue weighted by Crippen LogP contribution is 2.32. The highest BCUT2D eigenvalue weighted by molar-refractivity contribution is 5.73. The number of nitrogens with zero attached hydrogens (tertiary/aromatic N) is 2. The normalized spacial score (nSPS) is 16.4. The van der Waals surface area contributed by atoms with Gasteiger partial charge in [-0.2, -0.15) is 0 Å². The largest absolute Gasteiger partial charge is 0.391 e. The number of nitrogens with one attached hydrogen (secondary N) is 1. The summed E-state index contributed by atoms with van der Waals surface area (Å²) in [5, 5.41) is 12.6. The van der Waals surface area contributed by atoms with E-state index in [1.54, 1.807) is 11.9 Å². The van der Waals surface area contributed by atoms with Crippen LogP contribution in [0.4, 0.5) is 4.79 Å². The first-order valence-electron chi connectivity index (χ1n) is 6.34. The SMILES string of the molecule is CN(CC(O)C1CC1)C(=O)NCc1ccn(C)c1. The fourth-order valence-corrected chi connectivity index (χ4v) is 1.97. The molecule has 1 aromatic rings. The number of aryl methyl sites for hydroxylation is 1. The number of aliphatic hydroxyl groups excluding tert-OH is 1. The van der Waals surface area contributed by atoms with E-state index in [1.807, 2.05) is 30.1 Å². The summed E-state index contributed by atoms with van der Waals surface area (Å²) in [5.41, 5.74) is 1.07. The van der Waals surface area contributed by atoms with Gasteiger partial charge in [-0.15, -0.1) is 0 Å². The minimum atomic E-state index is -0.377. The Hall–Kier alpha value is -1.49. The lowest BCUT2D eigenvalue weighted by Crippen LogP contribution is -2.41. The van der Waals surface area contributed by atoms with Gasteiger partial charge in [0.1, 0.15) is 0 Å². The molecule has 1 unspecified atom stereocenters. The first kappa shape index (κ1) is 13.0. The smallest absolute Gasteiger partial charge is 0.317 e. The second-order valence-electron chi connectivity index (χ2n) is 5.13. The predicted molar refractivity (Wildman–Crippen MR) is 69.0 cm³/mol. The molecule has 2 amide bonds. The van der Waals surface area contributed by atoms with E-state index in [0.29, 0.717) is 19.0 Å². The molecule has 2 N–H and O–H groups in total. The zero-order valence-corrected chi connectivity index (χ0v) is 11.0. The van der Waals surface area contributed by atoms with E-state index in [4.69, 9.17) is 0 Å². The molecule has 0 spiro atoms. The van der Waals surface area contributed by atoms with Crippen molar-refractivity contribution < 1.29 is 9.90 Å². The van der Waals surface area contributed by atoms with Crippen molar-refractivity contribution in [3.63, 3.8) is 0 Å². The van der Waals surface area contributed by atoms with Gasteiger partial charge in [0.05, 0.1) is 6.10 Å². The van der Waals surface area contributed by atoms with Crippen LogP contribution < -0.4 is 5.32 Å². The van der Waals surface area contributed by atoms with Crippen LogP contribution in [0.2, 0.25) is 0 Å². The van der Waals surface area contributed by atoms with E-state index < -0.39 is 0 Å². The molecule has 5 nitrogen and oxygen atoms in total. The average Bonchev–Trinajstić information content (AvgIpc) is 3.10. The van der Waals surface area contributed by atoms with Crippen molar-refractivity contribution >= 4 is 6.03 Å². The Morgan fingerprint density at radius 2 is 2.39 bits per heavy atom. The van der Waals surface area contributed by atoms with E-state index in [2.05, 4.69) is 5.32 Å². The average molecular weight is 251 g/mol. The monoisotopic (exact) mass is 251 g/mol. The van der Waals surface area contributed by atoms with Gasteiger partial charge >= 0.3 is 6.03 Å². The van der Waals surface area contributed by atoms with Gasteiger partial charge in [0.15, 0.2) is 0 Å². The highest BCUT2D eigenvalue weighted by Gasteiger charge is 2.31. The third-order valence-electron chi connectivity index (χ3n) is 3.31. The van der Waals surface area contributed by atoms with Crippen LogP contribution in [0, 0.1) is 5.92 Å². The Bertz CT molecular complexity index is 412. The lowest BCUT2D eigenvalue weighted by Gasteiger charge is -2.21. The molecule has 1 aliphatic carbocycles. The standard InChI is InChI=1S/C13H21N3O2/c1-15-6-5-10(8-15)7-14-13(18)16(2)9-12(17)11-3-4-11/h5-6,8,11-12,17H,3-4,7,9H2,1-2H3,(H,14,18). The molecule has 0 saturated heterocycles. The van der Waals surface area contributed by atoms with E-state index in [1.165, 1.54) is 0 Å². The summed E-state index contributed by atoms with van der Waals surface area (Å²) in [6.07, 6.45) is 5.71. The van der Waals surface area contributed by atoms with Crippen molar-refractivity contribution in [2.45, 2.75) is 25.5 Å². The van der Waals surface area contributed by atoms with Crippen LogP contribution in [-0.4, -0.2) is 40.3 Å². The van der Waals surface area contributed by atoms with Crippen LogP contribution in [0.5, 0.6) is 0 Å². The number of aliphatic hydroxyl groups is 1. The second kappa shape index (κ2) is 5.44. The zero-order chi connectivity index (χ0) is 13.1. The maximum absolute atomic E-state index is 11.8. The molecular formula is C13H21N3O2. The fourth-order valence-electron chi connectivity index (χ4n) is 1.97. The molecule has 0 aromatic carbocycles. The van der Waals surface area contributed by atoms with Crippen LogP contribution >= 0.6 is 0 Å². The minimum absolute atomic E-state index is 0.140. The van der Waals surface area contributed by atoms with E-state index >= 15 is 0 Å². The van der Waals surface area contributed by atoms with Crippen molar-refractivity contribution in [3.8, 4) is 0 Å². The molecule has 1 fully saturated rings. The van der Waals surface area contributed by atoms with Crippen molar-refractivity contribution in [2.75, 3.05) is 13.6 Å². The Kier molecular flexibility index (Phi) is 3.91. The van der Waals surface area contributed by atoms with Crippen molar-refractivity contribution in [1.29, 1.82) is 0 Å². The highest BCUT2D eigenvalue weighted by atomic mass is 16.3. The molecule has 0 aliphatic heterocycles. The van der Waals surface area contributed by atoms with Gasteiger partial charge in [-0.25, -0.2) is 4.79 Å². The fraction of sp³-hybridized carbons (Fsp3) is 0.615. The zero-order valence-electron chi connectivity index (χ0n) is 11.0. The molecule has 1 aliphatic rings. The van der Waals surface area contributed by atoms with Gasteiger partial charge in [-0.05, 0) is 30.4 Å². The minimum Gasteiger partial charge on any atom is -0.391 e. The molecule has 0 radical (unpaired) electrons. The Labute approximate surface area is 107 Å². The van der Waals surface area contributed by atoms with Gasteiger partial charge < -0.3 is 19.9 Å². The van der Waals surface area contributed by atoms with Crippen LogP contribution in [0.3, 0.4) is 0 Å². The van der Waals surface area contributed by atoms with Gasteiger partial charge in [0, 0.05) is 39.6 Å². The third-order valence-corrected chi connectivity index (χ3v) is 3.31. The Balaban J connectivity index is 1.73. The summed E-state index contributed by atoms with van der Waals surface area (Å²) in [4.78, 5) is 13.3. The van der Waals surface area contributed by atoms with Crippen LogP contribution in [0.25, 0.3) is 0 Å². The predicted octanol–water partition coefficient (Wildman–Crippen LogP) is 0.937. The molecular weight excluding hydrogens is 230 g/mol. The number of urea groups is 1. The maximum Gasteiger partial charge on any atom is 0.317 e. The number of amides is 2. The summed E-state index contributed by atoms with van der Waals surface area (Å²) in [5.74, 6) is 0.398. The number of rotatable bonds is 5. The lowest BCUT2D eigenvalue weighted by molar-refractivity contribution is 0.113. The molecule has 1 heterocycles. The molecule has 1 saturated carbocycles. The molecule has 2 rings (SSSR count). The first-order chi connectivity index (χ1) is 8.56.